The van der Waals surface area contributed by atoms with Gasteiger partial charge in [0.15, 0.2) is 0 Å². The highest BCUT2D eigenvalue weighted by Crippen LogP contribution is 2.24. The minimum Gasteiger partial charge on any atom is -0.309 e. The fourth-order valence-corrected chi connectivity index (χ4v) is 2.58. The van der Waals surface area contributed by atoms with Crippen molar-refractivity contribution in [3.63, 3.8) is 0 Å². The van der Waals surface area contributed by atoms with Crippen molar-refractivity contribution in [2.75, 3.05) is 0 Å². The Balaban J connectivity index is 1.93. The average Bonchev–Trinajstić information content (AvgIpc) is 2.38. The second-order valence-corrected chi connectivity index (χ2v) is 4.93. The van der Waals surface area contributed by atoms with Crippen LogP contribution in [0.2, 0.25) is 0 Å². The van der Waals surface area contributed by atoms with Gasteiger partial charge in [-0.05, 0) is 30.9 Å². The average molecular weight is 228 g/mol. The summed E-state index contributed by atoms with van der Waals surface area (Å²) >= 11 is 0. The van der Waals surface area contributed by atoms with Gasteiger partial charge in [-0.2, -0.15) is 5.26 Å². The van der Waals surface area contributed by atoms with E-state index in [1.807, 2.05) is 0 Å². The molecule has 0 aliphatic heterocycles. The zero-order chi connectivity index (χ0) is 12.1. The number of nitrogens with zero attached hydrogens (tertiary/aromatic N) is 1. The highest BCUT2D eigenvalue weighted by molar-refractivity contribution is 5.25. The van der Waals surface area contributed by atoms with Crippen molar-refractivity contribution in [2.24, 2.45) is 5.92 Å². The molecule has 2 heteroatoms. The van der Waals surface area contributed by atoms with Crippen LogP contribution in [-0.4, -0.2) is 6.04 Å². The Kier molecular flexibility index (Phi) is 4.17. The Bertz CT molecular complexity index is 406. The molecular weight excluding hydrogens is 208 g/mol. The predicted molar refractivity (Wildman–Crippen MR) is 69.4 cm³/mol. The molecule has 1 N–H and O–H groups in total. The van der Waals surface area contributed by atoms with Crippen LogP contribution in [0, 0.1) is 24.2 Å². The van der Waals surface area contributed by atoms with Crippen LogP contribution in [0.25, 0.3) is 0 Å². The van der Waals surface area contributed by atoms with Crippen LogP contribution in [0.4, 0.5) is 0 Å². The molecular formula is C15H20N2. The molecule has 0 radical (unpaired) electrons. The smallest absolute Gasteiger partial charge is 0.0672 e. The van der Waals surface area contributed by atoms with Crippen LogP contribution in [-0.2, 0) is 6.54 Å². The van der Waals surface area contributed by atoms with E-state index in [4.69, 9.17) is 5.26 Å². The van der Waals surface area contributed by atoms with Crippen molar-refractivity contribution in [1.82, 2.24) is 5.32 Å². The SMILES string of the molecule is Cc1ccccc1CNC1CCCCC1C#N. The van der Waals surface area contributed by atoms with Crippen LogP contribution < -0.4 is 5.32 Å². The first-order valence-electron chi connectivity index (χ1n) is 6.49. The maximum Gasteiger partial charge on any atom is 0.0672 e. The maximum absolute atomic E-state index is 9.12. The summed E-state index contributed by atoms with van der Waals surface area (Å²) in [6, 6.07) is 11.3. The van der Waals surface area contributed by atoms with Crippen molar-refractivity contribution >= 4 is 0 Å². The van der Waals surface area contributed by atoms with Crippen molar-refractivity contribution < 1.29 is 0 Å². The van der Waals surface area contributed by atoms with E-state index in [2.05, 4.69) is 42.6 Å². The van der Waals surface area contributed by atoms with Gasteiger partial charge in [-0.3, -0.25) is 0 Å². The molecule has 1 aromatic rings. The first-order chi connectivity index (χ1) is 8.31. The molecule has 1 aliphatic carbocycles. The zero-order valence-corrected chi connectivity index (χ0v) is 10.4. The number of hydrogen-bond donors (Lipinski definition) is 1. The third-order valence-electron chi connectivity index (χ3n) is 3.75. The molecule has 0 aromatic heterocycles. The molecule has 1 aromatic carbocycles. The van der Waals surface area contributed by atoms with Gasteiger partial charge in [0.05, 0.1) is 12.0 Å². The third-order valence-corrected chi connectivity index (χ3v) is 3.75. The number of nitrogens with one attached hydrogen (secondary N) is 1. The second-order valence-electron chi connectivity index (χ2n) is 4.93. The van der Waals surface area contributed by atoms with E-state index in [1.54, 1.807) is 0 Å². The first-order valence-corrected chi connectivity index (χ1v) is 6.49. The Hall–Kier alpha value is -1.33. The van der Waals surface area contributed by atoms with Gasteiger partial charge in [0, 0.05) is 12.6 Å². The Morgan fingerprint density at radius 2 is 2.06 bits per heavy atom. The molecule has 2 unspecified atom stereocenters. The van der Waals surface area contributed by atoms with Crippen LogP contribution in [0.3, 0.4) is 0 Å². The van der Waals surface area contributed by atoms with Crippen LogP contribution in [0.1, 0.15) is 36.8 Å². The molecule has 0 saturated heterocycles. The number of nitriles is 1. The summed E-state index contributed by atoms with van der Waals surface area (Å²) in [5.41, 5.74) is 2.67. The van der Waals surface area contributed by atoms with E-state index in [0.717, 1.165) is 19.4 Å². The first kappa shape index (κ1) is 12.1. The summed E-state index contributed by atoms with van der Waals surface area (Å²) in [5.74, 6) is 0.202. The van der Waals surface area contributed by atoms with E-state index in [1.165, 1.54) is 24.0 Å². The van der Waals surface area contributed by atoms with E-state index in [0.29, 0.717) is 6.04 Å². The molecule has 90 valence electrons. The fourth-order valence-electron chi connectivity index (χ4n) is 2.58. The Morgan fingerprint density at radius 1 is 1.29 bits per heavy atom. The molecule has 2 atom stereocenters. The monoisotopic (exact) mass is 228 g/mol. The molecule has 1 saturated carbocycles. The van der Waals surface area contributed by atoms with Crippen molar-refractivity contribution in [2.45, 2.75) is 45.2 Å². The lowest BCUT2D eigenvalue weighted by Crippen LogP contribution is -2.37. The molecule has 0 bridgehead atoms. The molecule has 1 fully saturated rings. The summed E-state index contributed by atoms with van der Waals surface area (Å²) in [5, 5.41) is 12.7. The molecule has 0 heterocycles. The number of rotatable bonds is 3. The molecule has 17 heavy (non-hydrogen) atoms. The number of hydrogen-bond acceptors (Lipinski definition) is 2. The molecule has 1 aliphatic rings. The van der Waals surface area contributed by atoms with E-state index in [-0.39, 0.29) is 5.92 Å². The Morgan fingerprint density at radius 3 is 2.82 bits per heavy atom. The lowest BCUT2D eigenvalue weighted by molar-refractivity contribution is 0.311. The van der Waals surface area contributed by atoms with Gasteiger partial charge in [0.1, 0.15) is 0 Å². The minimum atomic E-state index is 0.202. The van der Waals surface area contributed by atoms with Gasteiger partial charge < -0.3 is 5.32 Å². The molecule has 0 amide bonds. The molecule has 2 rings (SSSR count). The molecule has 2 nitrogen and oxygen atoms in total. The van der Waals surface area contributed by atoms with Crippen molar-refractivity contribution in [3.8, 4) is 6.07 Å². The molecule has 0 spiro atoms. The summed E-state index contributed by atoms with van der Waals surface area (Å²) in [7, 11) is 0. The Labute approximate surface area is 104 Å². The van der Waals surface area contributed by atoms with Gasteiger partial charge in [-0.15, -0.1) is 0 Å². The third kappa shape index (κ3) is 3.08. The van der Waals surface area contributed by atoms with Gasteiger partial charge >= 0.3 is 0 Å². The van der Waals surface area contributed by atoms with Crippen LogP contribution >= 0.6 is 0 Å². The van der Waals surface area contributed by atoms with Crippen molar-refractivity contribution in [3.05, 3.63) is 35.4 Å². The van der Waals surface area contributed by atoms with E-state index >= 15 is 0 Å². The van der Waals surface area contributed by atoms with Gasteiger partial charge in [-0.25, -0.2) is 0 Å². The predicted octanol–water partition coefficient (Wildman–Crippen LogP) is 3.17. The second kappa shape index (κ2) is 5.84. The summed E-state index contributed by atoms with van der Waals surface area (Å²) < 4.78 is 0. The summed E-state index contributed by atoms with van der Waals surface area (Å²) in [4.78, 5) is 0. The van der Waals surface area contributed by atoms with E-state index in [9.17, 15) is 0 Å². The highest BCUT2D eigenvalue weighted by atomic mass is 14.9. The topological polar surface area (TPSA) is 35.8 Å². The van der Waals surface area contributed by atoms with Crippen molar-refractivity contribution in [1.29, 1.82) is 5.26 Å². The summed E-state index contributed by atoms with van der Waals surface area (Å²) in [6.07, 6.45) is 4.66. The van der Waals surface area contributed by atoms with Crippen LogP contribution in [0.5, 0.6) is 0 Å². The number of aryl methyl sites for hydroxylation is 1. The largest absolute Gasteiger partial charge is 0.309 e. The van der Waals surface area contributed by atoms with Crippen LogP contribution in [0.15, 0.2) is 24.3 Å². The fraction of sp³-hybridized carbons (Fsp3) is 0.533. The van der Waals surface area contributed by atoms with Gasteiger partial charge in [0.25, 0.3) is 0 Å². The lowest BCUT2D eigenvalue weighted by atomic mass is 9.85. The van der Waals surface area contributed by atoms with E-state index < -0.39 is 0 Å². The number of benzene rings is 1. The minimum absolute atomic E-state index is 0.202. The lowest BCUT2D eigenvalue weighted by Gasteiger charge is -2.28. The normalized spacial score (nSPS) is 24.2. The zero-order valence-electron chi connectivity index (χ0n) is 10.4. The standard InChI is InChI=1S/C15H20N2/c1-12-6-2-3-8-14(12)11-17-15-9-5-4-7-13(15)10-16/h2-3,6,8,13,15,17H,4-5,7,9,11H2,1H3. The van der Waals surface area contributed by atoms with Gasteiger partial charge in [-0.1, -0.05) is 37.1 Å². The highest BCUT2D eigenvalue weighted by Gasteiger charge is 2.24. The maximum atomic E-state index is 9.12. The quantitative estimate of drug-likeness (QED) is 0.862. The van der Waals surface area contributed by atoms with Gasteiger partial charge in [0.2, 0.25) is 0 Å². The summed E-state index contributed by atoms with van der Waals surface area (Å²) in [6.45, 7) is 3.02.